The summed E-state index contributed by atoms with van der Waals surface area (Å²) in [6, 6.07) is 9.35. The standard InChI is InChI=1S/C19H19ClO4/c1-3-4-11-24-19(23)17-12(2)15(9-10-16(17)21)18(22)13-5-7-14(20)8-6-13/h5-10,21H,3-4,11H2,1-2H3. The van der Waals surface area contributed by atoms with Gasteiger partial charge in [0.15, 0.2) is 5.78 Å². The predicted octanol–water partition coefficient (Wildman–Crippen LogP) is 4.54. The molecule has 0 aromatic heterocycles. The molecule has 0 spiro atoms. The summed E-state index contributed by atoms with van der Waals surface area (Å²) in [5.74, 6) is -1.06. The number of benzene rings is 2. The molecule has 0 aliphatic heterocycles. The molecule has 0 heterocycles. The zero-order valence-electron chi connectivity index (χ0n) is 13.6. The number of ether oxygens (including phenoxy) is 1. The summed E-state index contributed by atoms with van der Waals surface area (Å²) in [6.45, 7) is 3.89. The van der Waals surface area contributed by atoms with Crippen LogP contribution in [-0.4, -0.2) is 23.5 Å². The van der Waals surface area contributed by atoms with Crippen LogP contribution in [0.15, 0.2) is 36.4 Å². The van der Waals surface area contributed by atoms with E-state index in [4.69, 9.17) is 16.3 Å². The van der Waals surface area contributed by atoms with Crippen LogP contribution in [-0.2, 0) is 4.74 Å². The summed E-state index contributed by atoms with van der Waals surface area (Å²) in [4.78, 5) is 24.9. The van der Waals surface area contributed by atoms with E-state index in [-0.39, 0.29) is 23.7 Å². The van der Waals surface area contributed by atoms with Gasteiger partial charge in [-0.3, -0.25) is 4.79 Å². The van der Waals surface area contributed by atoms with E-state index in [9.17, 15) is 14.7 Å². The van der Waals surface area contributed by atoms with Crippen molar-refractivity contribution >= 4 is 23.4 Å². The van der Waals surface area contributed by atoms with Crippen LogP contribution in [0.4, 0.5) is 0 Å². The second-order valence-electron chi connectivity index (χ2n) is 5.46. The predicted molar refractivity (Wildman–Crippen MR) is 92.9 cm³/mol. The Labute approximate surface area is 146 Å². The number of hydrogen-bond donors (Lipinski definition) is 1. The Morgan fingerprint density at radius 3 is 2.42 bits per heavy atom. The van der Waals surface area contributed by atoms with E-state index >= 15 is 0 Å². The summed E-state index contributed by atoms with van der Waals surface area (Å²) < 4.78 is 5.16. The zero-order valence-corrected chi connectivity index (χ0v) is 14.4. The van der Waals surface area contributed by atoms with Gasteiger partial charge in [0.05, 0.1) is 6.61 Å². The van der Waals surface area contributed by atoms with Gasteiger partial charge in [0.25, 0.3) is 0 Å². The number of halogens is 1. The molecule has 0 aliphatic rings. The number of hydrogen-bond acceptors (Lipinski definition) is 4. The van der Waals surface area contributed by atoms with E-state index in [2.05, 4.69) is 0 Å². The van der Waals surface area contributed by atoms with Crippen molar-refractivity contribution in [1.29, 1.82) is 0 Å². The topological polar surface area (TPSA) is 63.6 Å². The lowest BCUT2D eigenvalue weighted by molar-refractivity contribution is 0.0495. The van der Waals surface area contributed by atoms with E-state index in [1.165, 1.54) is 12.1 Å². The second-order valence-corrected chi connectivity index (χ2v) is 5.89. The lowest BCUT2D eigenvalue weighted by Crippen LogP contribution is -2.12. The quantitative estimate of drug-likeness (QED) is 0.473. The average Bonchev–Trinajstić information content (AvgIpc) is 2.55. The fourth-order valence-corrected chi connectivity index (χ4v) is 2.47. The van der Waals surface area contributed by atoms with Gasteiger partial charge in [-0.1, -0.05) is 24.9 Å². The van der Waals surface area contributed by atoms with E-state index < -0.39 is 5.97 Å². The number of rotatable bonds is 6. The third-order valence-electron chi connectivity index (χ3n) is 3.73. The van der Waals surface area contributed by atoms with Gasteiger partial charge in [-0.05, 0) is 55.3 Å². The second kappa shape index (κ2) is 7.97. The molecule has 24 heavy (non-hydrogen) atoms. The molecule has 2 rings (SSSR count). The van der Waals surface area contributed by atoms with Crippen LogP contribution < -0.4 is 0 Å². The van der Waals surface area contributed by atoms with Crippen LogP contribution in [0.3, 0.4) is 0 Å². The molecule has 0 atom stereocenters. The molecule has 0 bridgehead atoms. The molecular weight excluding hydrogens is 328 g/mol. The highest BCUT2D eigenvalue weighted by atomic mass is 35.5. The maximum Gasteiger partial charge on any atom is 0.342 e. The number of carbonyl (C=O) groups excluding carboxylic acids is 2. The van der Waals surface area contributed by atoms with Gasteiger partial charge in [-0.2, -0.15) is 0 Å². The Kier molecular flexibility index (Phi) is 5.99. The van der Waals surface area contributed by atoms with E-state index in [1.807, 2.05) is 6.92 Å². The number of unbranched alkanes of at least 4 members (excludes halogenated alkanes) is 1. The monoisotopic (exact) mass is 346 g/mol. The van der Waals surface area contributed by atoms with Gasteiger partial charge >= 0.3 is 5.97 Å². The molecule has 2 aromatic carbocycles. The van der Waals surface area contributed by atoms with Gasteiger partial charge < -0.3 is 9.84 Å². The van der Waals surface area contributed by atoms with Crippen molar-refractivity contribution in [3.05, 3.63) is 63.7 Å². The maximum atomic E-state index is 12.6. The van der Waals surface area contributed by atoms with E-state index in [0.717, 1.165) is 12.8 Å². The molecule has 0 aliphatic carbocycles. The molecule has 0 amide bonds. The number of phenolic OH excluding ortho intramolecular Hbond substituents is 1. The molecule has 4 nitrogen and oxygen atoms in total. The molecule has 126 valence electrons. The fourth-order valence-electron chi connectivity index (χ4n) is 2.34. The normalized spacial score (nSPS) is 10.5. The first-order valence-corrected chi connectivity index (χ1v) is 8.13. The lowest BCUT2D eigenvalue weighted by atomic mass is 9.95. The maximum absolute atomic E-state index is 12.6. The summed E-state index contributed by atoms with van der Waals surface area (Å²) in [5, 5.41) is 10.5. The number of carbonyl (C=O) groups is 2. The van der Waals surface area contributed by atoms with Crippen molar-refractivity contribution in [2.24, 2.45) is 0 Å². The number of esters is 1. The number of ketones is 1. The van der Waals surface area contributed by atoms with Gasteiger partial charge in [-0.25, -0.2) is 4.79 Å². The molecule has 0 saturated heterocycles. The highest BCUT2D eigenvalue weighted by Gasteiger charge is 2.22. The first kappa shape index (κ1) is 18.0. The van der Waals surface area contributed by atoms with Crippen molar-refractivity contribution in [1.82, 2.24) is 0 Å². The molecule has 0 radical (unpaired) electrons. The smallest absolute Gasteiger partial charge is 0.342 e. The van der Waals surface area contributed by atoms with Crippen LogP contribution in [0, 0.1) is 6.92 Å². The van der Waals surface area contributed by atoms with Crippen LogP contribution in [0.2, 0.25) is 5.02 Å². The SMILES string of the molecule is CCCCOC(=O)c1c(O)ccc(C(=O)c2ccc(Cl)cc2)c1C. The molecule has 0 saturated carbocycles. The Bertz CT molecular complexity index is 751. The zero-order chi connectivity index (χ0) is 17.7. The number of aromatic hydroxyl groups is 1. The largest absolute Gasteiger partial charge is 0.507 e. The lowest BCUT2D eigenvalue weighted by Gasteiger charge is -2.12. The van der Waals surface area contributed by atoms with Crippen molar-refractivity contribution in [2.75, 3.05) is 6.61 Å². The first-order chi connectivity index (χ1) is 11.5. The van der Waals surface area contributed by atoms with Crippen LogP contribution in [0.5, 0.6) is 5.75 Å². The summed E-state index contributed by atoms with van der Waals surface area (Å²) in [7, 11) is 0. The molecule has 0 unspecified atom stereocenters. The van der Waals surface area contributed by atoms with Gasteiger partial charge in [0.1, 0.15) is 11.3 Å². The van der Waals surface area contributed by atoms with Crippen molar-refractivity contribution in [3.63, 3.8) is 0 Å². The average molecular weight is 347 g/mol. The third kappa shape index (κ3) is 3.95. The minimum Gasteiger partial charge on any atom is -0.507 e. The van der Waals surface area contributed by atoms with Crippen molar-refractivity contribution < 1.29 is 19.4 Å². The highest BCUT2D eigenvalue weighted by molar-refractivity contribution is 6.30. The molecule has 2 aromatic rings. The van der Waals surface area contributed by atoms with Gasteiger partial charge in [-0.15, -0.1) is 0 Å². The number of phenols is 1. The Hall–Kier alpha value is -2.33. The summed E-state index contributed by atoms with van der Waals surface area (Å²) in [5.41, 5.74) is 1.23. The minimum atomic E-state index is -0.621. The van der Waals surface area contributed by atoms with Crippen LogP contribution in [0.1, 0.15) is 51.6 Å². The molecule has 1 N–H and O–H groups in total. The summed E-state index contributed by atoms with van der Waals surface area (Å²) in [6.07, 6.45) is 1.64. The fraction of sp³-hybridized carbons (Fsp3) is 0.263. The first-order valence-electron chi connectivity index (χ1n) is 7.75. The van der Waals surface area contributed by atoms with Crippen molar-refractivity contribution in [3.8, 4) is 5.75 Å². The van der Waals surface area contributed by atoms with E-state index in [0.29, 0.717) is 21.7 Å². The molecule has 5 heteroatoms. The third-order valence-corrected chi connectivity index (χ3v) is 3.98. The van der Waals surface area contributed by atoms with E-state index in [1.54, 1.807) is 31.2 Å². The molecular formula is C19H19ClO4. The van der Waals surface area contributed by atoms with Crippen molar-refractivity contribution in [2.45, 2.75) is 26.7 Å². The summed E-state index contributed by atoms with van der Waals surface area (Å²) >= 11 is 5.84. The Balaban J connectivity index is 2.35. The van der Waals surface area contributed by atoms with Gasteiger partial charge in [0, 0.05) is 16.1 Å². The van der Waals surface area contributed by atoms with Crippen LogP contribution in [0.25, 0.3) is 0 Å². The van der Waals surface area contributed by atoms with Gasteiger partial charge in [0.2, 0.25) is 0 Å². The van der Waals surface area contributed by atoms with Crippen LogP contribution >= 0.6 is 11.6 Å². The highest BCUT2D eigenvalue weighted by Crippen LogP contribution is 2.27. The Morgan fingerprint density at radius 2 is 1.79 bits per heavy atom. The molecule has 0 fully saturated rings. The Morgan fingerprint density at radius 1 is 1.12 bits per heavy atom. The minimum absolute atomic E-state index is 0.0333.